The third-order valence-corrected chi connectivity index (χ3v) is 5.68. The molecule has 5 nitrogen and oxygen atoms in total. The third kappa shape index (κ3) is 5.17. The lowest BCUT2D eigenvalue weighted by Crippen LogP contribution is -2.37. The summed E-state index contributed by atoms with van der Waals surface area (Å²) in [6.07, 6.45) is 0. The Hall–Kier alpha value is -2.89. The molecule has 0 bridgehead atoms. The number of nitrogens with zero attached hydrogens (tertiary/aromatic N) is 1. The lowest BCUT2D eigenvalue weighted by molar-refractivity contribution is 0.0341. The number of hydrogen-bond acceptors (Lipinski definition) is 3. The van der Waals surface area contributed by atoms with Crippen LogP contribution >= 0.6 is 0 Å². The van der Waals surface area contributed by atoms with Crippen molar-refractivity contribution in [2.75, 3.05) is 26.3 Å². The number of rotatable bonds is 6. The molecule has 1 aliphatic rings. The summed E-state index contributed by atoms with van der Waals surface area (Å²) in [5, 5.41) is 8.46. The second-order valence-electron chi connectivity index (χ2n) is 7.81. The van der Waals surface area contributed by atoms with Crippen LogP contribution in [0.2, 0.25) is 0 Å². The molecule has 0 radical (unpaired) electrons. The second kappa shape index (κ2) is 9.74. The van der Waals surface area contributed by atoms with Gasteiger partial charge in [0, 0.05) is 26.2 Å². The van der Waals surface area contributed by atoms with E-state index in [1.807, 2.05) is 25.1 Å². The third-order valence-electron chi connectivity index (χ3n) is 5.68. The highest BCUT2D eigenvalue weighted by Gasteiger charge is 2.14. The fraction of sp³-hybridized carbons (Fsp3) is 0.320. The molecule has 0 unspecified atom stereocenters. The molecular weight excluding hydrogens is 374 g/mol. The van der Waals surface area contributed by atoms with Crippen molar-refractivity contribution in [2.24, 2.45) is 0 Å². The highest BCUT2D eigenvalue weighted by Crippen LogP contribution is 2.20. The van der Waals surface area contributed by atoms with Crippen LogP contribution in [0.25, 0.3) is 10.8 Å². The molecule has 1 aliphatic heterocycles. The van der Waals surface area contributed by atoms with Gasteiger partial charge in [0.1, 0.15) is 0 Å². The molecule has 0 aromatic heterocycles. The molecule has 0 aliphatic carbocycles. The lowest BCUT2D eigenvalue weighted by atomic mass is 10.0. The summed E-state index contributed by atoms with van der Waals surface area (Å²) in [6.45, 7) is 6.88. The molecule has 1 atom stereocenters. The predicted octanol–water partition coefficient (Wildman–Crippen LogP) is 4.23. The van der Waals surface area contributed by atoms with Gasteiger partial charge >= 0.3 is 6.03 Å². The summed E-state index contributed by atoms with van der Waals surface area (Å²) < 4.78 is 5.44. The van der Waals surface area contributed by atoms with Crippen molar-refractivity contribution >= 4 is 16.8 Å². The van der Waals surface area contributed by atoms with Crippen LogP contribution in [0.1, 0.15) is 29.7 Å². The number of amides is 2. The minimum absolute atomic E-state index is 0.0711. The zero-order valence-electron chi connectivity index (χ0n) is 17.4. The van der Waals surface area contributed by atoms with Gasteiger partial charge in [0.05, 0.1) is 19.3 Å². The summed E-state index contributed by atoms with van der Waals surface area (Å²) >= 11 is 0. The smallest absolute Gasteiger partial charge is 0.315 e. The average molecular weight is 404 g/mol. The maximum absolute atomic E-state index is 12.5. The Kier molecular flexibility index (Phi) is 6.62. The Morgan fingerprint density at radius 2 is 1.67 bits per heavy atom. The van der Waals surface area contributed by atoms with Crippen molar-refractivity contribution in [3.63, 3.8) is 0 Å². The first-order valence-electron chi connectivity index (χ1n) is 10.6. The molecule has 0 spiro atoms. The van der Waals surface area contributed by atoms with Gasteiger partial charge in [0.15, 0.2) is 0 Å². The first-order chi connectivity index (χ1) is 14.7. The number of carbonyl (C=O) groups excluding carboxylic acids is 1. The van der Waals surface area contributed by atoms with Gasteiger partial charge in [-0.25, -0.2) is 4.79 Å². The lowest BCUT2D eigenvalue weighted by Gasteiger charge is -2.27. The molecule has 30 heavy (non-hydrogen) atoms. The zero-order valence-corrected chi connectivity index (χ0v) is 17.4. The minimum Gasteiger partial charge on any atom is -0.379 e. The Morgan fingerprint density at radius 3 is 2.47 bits per heavy atom. The second-order valence-corrected chi connectivity index (χ2v) is 7.81. The number of benzene rings is 3. The van der Waals surface area contributed by atoms with Crippen molar-refractivity contribution in [1.82, 2.24) is 15.5 Å². The SMILES string of the molecule is C[C@H](NC(=O)NCc1ccccc1CN1CCOCC1)c1ccc2ccccc2c1. The number of urea groups is 1. The molecule has 0 saturated carbocycles. The standard InChI is InChI=1S/C25H29N3O2/c1-19(21-11-10-20-6-2-3-7-22(20)16-21)27-25(29)26-17-23-8-4-5-9-24(23)18-28-12-14-30-15-13-28/h2-11,16,19H,12-15,17-18H2,1H3,(H2,26,27,29)/t19-/m0/s1. The van der Waals surface area contributed by atoms with Gasteiger partial charge in [-0.2, -0.15) is 0 Å². The largest absolute Gasteiger partial charge is 0.379 e. The normalized spacial score (nSPS) is 15.6. The van der Waals surface area contributed by atoms with Gasteiger partial charge < -0.3 is 15.4 Å². The molecule has 1 saturated heterocycles. The van der Waals surface area contributed by atoms with E-state index in [-0.39, 0.29) is 12.1 Å². The van der Waals surface area contributed by atoms with Gasteiger partial charge in [-0.1, -0.05) is 60.7 Å². The van der Waals surface area contributed by atoms with E-state index in [1.54, 1.807) is 0 Å². The maximum atomic E-state index is 12.5. The van der Waals surface area contributed by atoms with E-state index in [2.05, 4.69) is 64.1 Å². The van der Waals surface area contributed by atoms with Gasteiger partial charge in [-0.15, -0.1) is 0 Å². The van der Waals surface area contributed by atoms with Gasteiger partial charge in [0.25, 0.3) is 0 Å². The van der Waals surface area contributed by atoms with Crippen LogP contribution in [0.5, 0.6) is 0 Å². The number of morpholine rings is 1. The van der Waals surface area contributed by atoms with Crippen molar-refractivity contribution in [1.29, 1.82) is 0 Å². The molecule has 2 amide bonds. The molecular formula is C25H29N3O2. The molecule has 3 aromatic rings. The average Bonchev–Trinajstić information content (AvgIpc) is 2.79. The quantitative estimate of drug-likeness (QED) is 0.648. The van der Waals surface area contributed by atoms with Gasteiger partial charge in [0.2, 0.25) is 0 Å². The molecule has 2 N–H and O–H groups in total. The van der Waals surface area contributed by atoms with E-state index in [4.69, 9.17) is 4.74 Å². The van der Waals surface area contributed by atoms with Crippen LogP contribution in [0, 0.1) is 0 Å². The van der Waals surface area contributed by atoms with Crippen LogP contribution in [0.3, 0.4) is 0 Å². The first kappa shape index (κ1) is 20.4. The van der Waals surface area contributed by atoms with Crippen LogP contribution in [-0.4, -0.2) is 37.2 Å². The van der Waals surface area contributed by atoms with Crippen molar-refractivity contribution in [2.45, 2.75) is 26.1 Å². The zero-order chi connectivity index (χ0) is 20.8. The molecule has 156 valence electrons. The maximum Gasteiger partial charge on any atom is 0.315 e. The summed E-state index contributed by atoms with van der Waals surface area (Å²) in [6, 6.07) is 22.6. The van der Waals surface area contributed by atoms with Crippen molar-refractivity contribution in [3.05, 3.63) is 83.4 Å². The number of nitrogens with one attached hydrogen (secondary N) is 2. The summed E-state index contributed by atoms with van der Waals surface area (Å²) in [7, 11) is 0. The van der Waals surface area contributed by atoms with Crippen LogP contribution in [0.15, 0.2) is 66.7 Å². The van der Waals surface area contributed by atoms with E-state index >= 15 is 0 Å². The predicted molar refractivity (Wildman–Crippen MR) is 120 cm³/mol. The highest BCUT2D eigenvalue weighted by atomic mass is 16.5. The van der Waals surface area contributed by atoms with Crippen LogP contribution in [0.4, 0.5) is 4.79 Å². The Labute approximate surface area is 178 Å². The van der Waals surface area contributed by atoms with E-state index in [0.29, 0.717) is 6.54 Å². The van der Waals surface area contributed by atoms with E-state index < -0.39 is 0 Å². The first-order valence-corrected chi connectivity index (χ1v) is 10.6. The monoisotopic (exact) mass is 403 g/mol. The van der Waals surface area contributed by atoms with Gasteiger partial charge in [-0.3, -0.25) is 4.90 Å². The molecule has 3 aromatic carbocycles. The summed E-state index contributed by atoms with van der Waals surface area (Å²) in [5.74, 6) is 0. The van der Waals surface area contributed by atoms with Gasteiger partial charge in [-0.05, 0) is 40.5 Å². The topological polar surface area (TPSA) is 53.6 Å². The highest BCUT2D eigenvalue weighted by molar-refractivity contribution is 5.83. The Balaban J connectivity index is 1.34. The minimum atomic E-state index is -0.156. The summed E-state index contributed by atoms with van der Waals surface area (Å²) in [4.78, 5) is 14.9. The Morgan fingerprint density at radius 1 is 0.967 bits per heavy atom. The van der Waals surface area contributed by atoms with E-state index in [0.717, 1.165) is 44.0 Å². The number of hydrogen-bond donors (Lipinski definition) is 2. The number of carbonyl (C=O) groups is 1. The van der Waals surface area contributed by atoms with E-state index in [9.17, 15) is 4.79 Å². The number of fused-ring (bicyclic) bond motifs is 1. The fourth-order valence-corrected chi connectivity index (χ4v) is 3.87. The number of ether oxygens (including phenoxy) is 1. The van der Waals surface area contributed by atoms with Crippen molar-refractivity contribution in [3.8, 4) is 0 Å². The molecule has 1 fully saturated rings. The molecule has 4 rings (SSSR count). The molecule has 5 heteroatoms. The van der Waals surface area contributed by atoms with Crippen molar-refractivity contribution < 1.29 is 9.53 Å². The fourth-order valence-electron chi connectivity index (χ4n) is 3.87. The van der Waals surface area contributed by atoms with Crippen LogP contribution < -0.4 is 10.6 Å². The van der Waals surface area contributed by atoms with Crippen LogP contribution in [-0.2, 0) is 17.8 Å². The Bertz CT molecular complexity index is 998. The van der Waals surface area contributed by atoms with E-state index in [1.165, 1.54) is 16.3 Å². The molecule has 1 heterocycles. The summed E-state index contributed by atoms with van der Waals surface area (Å²) in [5.41, 5.74) is 3.50.